The van der Waals surface area contributed by atoms with Gasteiger partial charge in [-0.05, 0) is 6.42 Å². The van der Waals surface area contributed by atoms with E-state index >= 15 is 0 Å². The third-order valence-corrected chi connectivity index (χ3v) is 0.975. The molecule has 0 aliphatic heterocycles. The molecule has 0 bridgehead atoms. The molecule has 0 aliphatic carbocycles. The molecule has 2 nitrogen and oxygen atoms in total. The van der Waals surface area contributed by atoms with Crippen molar-refractivity contribution in [2.75, 3.05) is 13.2 Å². The first kappa shape index (κ1) is 15.9. The van der Waals surface area contributed by atoms with Crippen LogP contribution in [0.1, 0.15) is 19.8 Å². The van der Waals surface area contributed by atoms with Crippen LogP contribution in [0.2, 0.25) is 0 Å². The maximum atomic E-state index is 8.30. The Morgan fingerprint density at radius 2 is 2.08 bits per heavy atom. The topological polar surface area (TPSA) is 31.5 Å². The Morgan fingerprint density at radius 3 is 2.54 bits per heavy atom. The SMILES string of the molecule is CCC/C=C/C=[O+]CCO.[Cl][Ge][Cl]. The predicted octanol–water partition coefficient (Wildman–Crippen LogP) is 2.07. The molecule has 0 unspecified atom stereocenters. The predicted molar refractivity (Wildman–Crippen MR) is 59.5 cm³/mol. The van der Waals surface area contributed by atoms with Crippen molar-refractivity contribution in [1.29, 1.82) is 0 Å². The number of rotatable bonds is 5. The van der Waals surface area contributed by atoms with E-state index in [1.807, 2.05) is 12.2 Å². The van der Waals surface area contributed by atoms with Crippen molar-refractivity contribution in [1.82, 2.24) is 0 Å². The van der Waals surface area contributed by atoms with E-state index in [4.69, 9.17) is 29.6 Å². The van der Waals surface area contributed by atoms with Crippen LogP contribution in [0.3, 0.4) is 0 Å². The second-order valence-corrected chi connectivity index (χ2v) is 5.29. The molecule has 76 valence electrons. The van der Waals surface area contributed by atoms with Crippen LogP contribution in [0.25, 0.3) is 0 Å². The van der Waals surface area contributed by atoms with Gasteiger partial charge < -0.3 is 5.11 Å². The molecule has 0 aliphatic rings. The van der Waals surface area contributed by atoms with Crippen molar-refractivity contribution in [2.45, 2.75) is 19.8 Å². The summed E-state index contributed by atoms with van der Waals surface area (Å²) < 4.78 is 4.87. The first-order chi connectivity index (χ1) is 6.33. The quantitative estimate of drug-likeness (QED) is 0.357. The molecule has 0 aromatic rings. The summed E-state index contributed by atoms with van der Waals surface area (Å²) in [6.45, 7) is 2.59. The number of unbranched alkanes of at least 4 members (excludes halogenated alkanes) is 1. The molecule has 5 heteroatoms. The summed E-state index contributed by atoms with van der Waals surface area (Å²) in [4.78, 5) is 0. The number of aldehydes is 1. The van der Waals surface area contributed by atoms with Crippen LogP contribution in [-0.4, -0.2) is 38.2 Å². The van der Waals surface area contributed by atoms with Crippen LogP contribution in [0.5, 0.6) is 0 Å². The molecule has 0 aromatic heterocycles. The standard InChI is InChI=1S/C8H15O2.Cl2Ge/c1-2-3-4-5-7-10-8-6-9;1-3-2/h4-5,7,9H,2-3,6,8H2,1H3;/q+1;/b5-4+;. The van der Waals surface area contributed by atoms with Gasteiger partial charge in [-0.15, -0.1) is 0 Å². The van der Waals surface area contributed by atoms with Gasteiger partial charge in [-0.1, -0.05) is 19.4 Å². The molecular formula is C8H15Cl2GeO2+. The number of allylic oxidation sites excluding steroid dienone is 2. The molecule has 0 rings (SSSR count). The third kappa shape index (κ3) is 24.5. The van der Waals surface area contributed by atoms with E-state index < -0.39 is 13.6 Å². The Bertz CT molecular complexity index is 115. The number of halogens is 2. The molecule has 2 radical (unpaired) electrons. The normalized spacial score (nSPS) is 10.5. The first-order valence-corrected chi connectivity index (χ1v) is 9.51. The number of hydrogen-bond acceptors (Lipinski definition) is 1. The zero-order valence-electron chi connectivity index (χ0n) is 7.67. The van der Waals surface area contributed by atoms with Gasteiger partial charge in [0.25, 0.3) is 6.61 Å². The van der Waals surface area contributed by atoms with Crippen molar-refractivity contribution in [3.63, 3.8) is 0 Å². The van der Waals surface area contributed by atoms with Gasteiger partial charge in [-0.25, -0.2) is 0 Å². The van der Waals surface area contributed by atoms with E-state index in [0.29, 0.717) is 6.61 Å². The van der Waals surface area contributed by atoms with Crippen LogP contribution in [0, 0.1) is 0 Å². The van der Waals surface area contributed by atoms with Gasteiger partial charge in [0.1, 0.15) is 6.61 Å². The Hall–Kier alpha value is 0.493. The van der Waals surface area contributed by atoms with E-state index in [0.717, 1.165) is 12.8 Å². The number of aliphatic hydroxyl groups is 1. The molecule has 0 saturated carbocycles. The molecule has 0 saturated heterocycles. The molecule has 0 atom stereocenters. The van der Waals surface area contributed by atoms with Gasteiger partial charge in [0, 0.05) is 6.08 Å². The second kappa shape index (κ2) is 18.3. The average Bonchev–Trinajstić information content (AvgIpc) is 2.13. The summed E-state index contributed by atoms with van der Waals surface area (Å²) in [5.41, 5.74) is 0. The first-order valence-electron chi connectivity index (χ1n) is 4.00. The van der Waals surface area contributed by atoms with E-state index in [2.05, 4.69) is 6.92 Å². The minimum atomic E-state index is -0.556. The van der Waals surface area contributed by atoms with E-state index in [-0.39, 0.29) is 6.61 Å². The number of hydrogen-bond donors (Lipinski definition) is 1. The maximum absolute atomic E-state index is 8.30. The fourth-order valence-electron chi connectivity index (χ4n) is 0.495. The Balaban J connectivity index is 0. The molecular weight excluding hydrogens is 272 g/mol. The third-order valence-electron chi connectivity index (χ3n) is 0.975. The number of aliphatic hydroxyl groups excluding tert-OH is 1. The zero-order chi connectivity index (χ0) is 10.4. The van der Waals surface area contributed by atoms with Gasteiger partial charge in [-0.3, -0.25) is 4.42 Å². The van der Waals surface area contributed by atoms with Crippen molar-refractivity contribution < 1.29 is 9.53 Å². The summed E-state index contributed by atoms with van der Waals surface area (Å²) in [5.74, 6) is 0. The van der Waals surface area contributed by atoms with E-state index in [1.165, 1.54) is 0 Å². The van der Waals surface area contributed by atoms with Crippen molar-refractivity contribution >= 4 is 39.9 Å². The second-order valence-electron chi connectivity index (χ2n) is 2.02. The fourth-order valence-corrected chi connectivity index (χ4v) is 0.495. The van der Waals surface area contributed by atoms with Gasteiger partial charge >= 0.3 is 39.9 Å². The monoisotopic (exact) mass is 287 g/mol. The van der Waals surface area contributed by atoms with Gasteiger partial charge in [0.15, 0.2) is 0 Å². The van der Waals surface area contributed by atoms with Crippen LogP contribution < -0.4 is 0 Å². The molecule has 0 heterocycles. The molecule has 13 heavy (non-hydrogen) atoms. The van der Waals surface area contributed by atoms with E-state index in [9.17, 15) is 0 Å². The Morgan fingerprint density at radius 1 is 1.46 bits per heavy atom. The average molecular weight is 287 g/mol. The number of carbonyl (C=O) groups excluding carboxylic acids is 1. The van der Waals surface area contributed by atoms with Gasteiger partial charge in [-0.2, -0.15) is 0 Å². The Labute approximate surface area is 94.5 Å². The molecule has 0 fully saturated rings. The van der Waals surface area contributed by atoms with Crippen molar-refractivity contribution in [3.8, 4) is 0 Å². The van der Waals surface area contributed by atoms with Crippen LogP contribution in [0.4, 0.5) is 0 Å². The fraction of sp³-hybridized carbons (Fsp3) is 0.625. The summed E-state index contributed by atoms with van der Waals surface area (Å²) >= 11 is -0.556. The molecule has 1 N–H and O–H groups in total. The van der Waals surface area contributed by atoms with Crippen LogP contribution in [0.15, 0.2) is 12.2 Å². The van der Waals surface area contributed by atoms with Crippen LogP contribution in [-0.2, 0) is 4.42 Å². The van der Waals surface area contributed by atoms with E-state index in [1.54, 1.807) is 6.29 Å². The summed E-state index contributed by atoms with van der Waals surface area (Å²) in [7, 11) is 9.78. The zero-order valence-corrected chi connectivity index (χ0v) is 11.3. The molecule has 0 amide bonds. The molecule has 0 aromatic carbocycles. The Kier molecular flexibility index (Phi) is 22.5. The summed E-state index contributed by atoms with van der Waals surface area (Å²) in [6, 6.07) is 0. The minimum absolute atomic E-state index is 0.0815. The summed E-state index contributed by atoms with van der Waals surface area (Å²) in [6.07, 6.45) is 7.74. The molecule has 0 spiro atoms. The van der Waals surface area contributed by atoms with Gasteiger partial charge in [0.2, 0.25) is 0 Å². The van der Waals surface area contributed by atoms with Crippen molar-refractivity contribution in [3.05, 3.63) is 12.2 Å². The van der Waals surface area contributed by atoms with Crippen LogP contribution >= 0.6 is 20.0 Å². The summed E-state index contributed by atoms with van der Waals surface area (Å²) in [5, 5.41) is 8.30. The van der Waals surface area contributed by atoms with Crippen molar-refractivity contribution in [2.24, 2.45) is 0 Å². The van der Waals surface area contributed by atoms with Gasteiger partial charge in [0.05, 0.1) is 0 Å².